The van der Waals surface area contributed by atoms with E-state index in [0.717, 1.165) is 25.1 Å². The van der Waals surface area contributed by atoms with Gasteiger partial charge < -0.3 is 19.5 Å². The molecule has 0 heterocycles. The quantitative estimate of drug-likeness (QED) is 0.669. The number of methoxy groups -OCH3 is 1. The molecule has 1 N–H and O–H groups in total. The highest BCUT2D eigenvalue weighted by atomic mass is 35.5. The molecule has 120 valence electrons. The van der Waals surface area contributed by atoms with E-state index >= 15 is 0 Å². The Bertz CT molecular complexity index is 424. The van der Waals surface area contributed by atoms with Crippen LogP contribution in [-0.2, 0) is 11.3 Å². The average Bonchev–Trinajstić information content (AvgIpc) is 2.44. The fourth-order valence-corrected chi connectivity index (χ4v) is 2.10. The molecule has 1 aromatic carbocycles. The van der Waals surface area contributed by atoms with E-state index in [9.17, 15) is 0 Å². The van der Waals surface area contributed by atoms with Gasteiger partial charge in [0.15, 0.2) is 11.5 Å². The minimum absolute atomic E-state index is 0.287. The molecule has 0 saturated heterocycles. The normalized spacial score (nSPS) is 11.0. The summed E-state index contributed by atoms with van der Waals surface area (Å²) in [6, 6.07) is 3.73. The number of nitrogens with one attached hydrogen (secondary N) is 1. The van der Waals surface area contributed by atoms with Crippen molar-refractivity contribution in [3.05, 3.63) is 22.7 Å². The van der Waals surface area contributed by atoms with Gasteiger partial charge in [0.1, 0.15) is 0 Å². The average molecular weight is 316 g/mol. The van der Waals surface area contributed by atoms with Gasteiger partial charge in [-0.2, -0.15) is 0 Å². The van der Waals surface area contributed by atoms with E-state index < -0.39 is 0 Å². The molecule has 0 atom stereocenters. The molecule has 0 amide bonds. The van der Waals surface area contributed by atoms with Crippen molar-refractivity contribution in [1.82, 2.24) is 5.32 Å². The molecule has 1 rings (SSSR count). The summed E-state index contributed by atoms with van der Waals surface area (Å²) < 4.78 is 16.3. The second-order valence-electron chi connectivity index (χ2n) is 4.98. The Kier molecular flexibility index (Phi) is 8.50. The van der Waals surface area contributed by atoms with Crippen molar-refractivity contribution in [3.63, 3.8) is 0 Å². The van der Waals surface area contributed by atoms with Gasteiger partial charge in [-0.15, -0.1) is 0 Å². The lowest BCUT2D eigenvalue weighted by molar-refractivity contribution is 0.0770. The van der Waals surface area contributed by atoms with Gasteiger partial charge in [-0.25, -0.2) is 0 Å². The lowest BCUT2D eigenvalue weighted by Gasteiger charge is -2.13. The Hall–Kier alpha value is -0.970. The second kappa shape index (κ2) is 9.87. The van der Waals surface area contributed by atoms with E-state index in [1.807, 2.05) is 32.9 Å². The predicted octanol–water partition coefficient (Wildman–Crippen LogP) is 3.65. The Labute approximate surface area is 132 Å². The summed E-state index contributed by atoms with van der Waals surface area (Å²) in [7, 11) is 1.63. The van der Waals surface area contributed by atoms with E-state index in [4.69, 9.17) is 25.8 Å². The highest BCUT2D eigenvalue weighted by Crippen LogP contribution is 2.33. The highest BCUT2D eigenvalue weighted by molar-refractivity contribution is 6.31. The number of halogens is 1. The highest BCUT2D eigenvalue weighted by Gasteiger charge is 2.10. The summed E-state index contributed by atoms with van der Waals surface area (Å²) in [5.41, 5.74) is 1.00. The van der Waals surface area contributed by atoms with Crippen molar-refractivity contribution in [2.75, 3.05) is 26.9 Å². The van der Waals surface area contributed by atoms with Gasteiger partial charge >= 0.3 is 0 Å². The number of hydrogen-bond acceptors (Lipinski definition) is 4. The van der Waals surface area contributed by atoms with Crippen LogP contribution in [0, 0.1) is 0 Å². The van der Waals surface area contributed by atoms with Crippen LogP contribution in [0.5, 0.6) is 11.5 Å². The second-order valence-corrected chi connectivity index (χ2v) is 5.38. The van der Waals surface area contributed by atoms with E-state index in [1.54, 1.807) is 7.11 Å². The van der Waals surface area contributed by atoms with E-state index in [1.165, 1.54) is 0 Å². The Balaban J connectivity index is 2.47. The van der Waals surface area contributed by atoms with Gasteiger partial charge in [-0.3, -0.25) is 0 Å². The maximum absolute atomic E-state index is 6.28. The molecule has 0 aliphatic heterocycles. The van der Waals surface area contributed by atoms with Crippen LogP contribution in [-0.4, -0.2) is 33.0 Å². The molecule has 0 fully saturated rings. The van der Waals surface area contributed by atoms with Gasteiger partial charge in [0.05, 0.1) is 19.8 Å². The zero-order valence-electron chi connectivity index (χ0n) is 13.4. The maximum Gasteiger partial charge on any atom is 0.162 e. The minimum atomic E-state index is 0.287. The Morgan fingerprint density at radius 1 is 1.24 bits per heavy atom. The van der Waals surface area contributed by atoms with Crippen LogP contribution in [0.1, 0.15) is 32.8 Å². The van der Waals surface area contributed by atoms with Gasteiger partial charge in [-0.05, 0) is 45.4 Å². The molecule has 0 aromatic heterocycles. The number of hydrogen-bond donors (Lipinski definition) is 1. The first kappa shape index (κ1) is 18.1. The monoisotopic (exact) mass is 315 g/mol. The zero-order chi connectivity index (χ0) is 15.7. The molecule has 0 aliphatic rings. The topological polar surface area (TPSA) is 39.7 Å². The van der Waals surface area contributed by atoms with Crippen molar-refractivity contribution >= 4 is 11.6 Å². The maximum atomic E-state index is 6.28. The number of ether oxygens (including phenoxy) is 3. The molecular formula is C16H26ClNO3. The van der Waals surface area contributed by atoms with Crippen LogP contribution in [0.2, 0.25) is 5.02 Å². The van der Waals surface area contributed by atoms with Crippen LogP contribution in [0.25, 0.3) is 0 Å². The van der Waals surface area contributed by atoms with Crippen molar-refractivity contribution in [1.29, 1.82) is 0 Å². The molecule has 0 saturated carbocycles. The lowest BCUT2D eigenvalue weighted by atomic mass is 10.2. The van der Waals surface area contributed by atoms with Crippen LogP contribution in [0.3, 0.4) is 0 Å². The fraction of sp³-hybridized carbons (Fsp3) is 0.625. The first-order valence-corrected chi connectivity index (χ1v) is 7.77. The lowest BCUT2D eigenvalue weighted by Crippen LogP contribution is -2.17. The summed E-state index contributed by atoms with van der Waals surface area (Å²) in [4.78, 5) is 0. The van der Waals surface area contributed by atoms with Crippen molar-refractivity contribution < 1.29 is 14.2 Å². The van der Waals surface area contributed by atoms with Crippen LogP contribution in [0.15, 0.2) is 12.1 Å². The number of rotatable bonds is 10. The summed E-state index contributed by atoms with van der Waals surface area (Å²) in [5.74, 6) is 1.39. The van der Waals surface area contributed by atoms with Crippen molar-refractivity contribution in [2.24, 2.45) is 0 Å². The molecular weight excluding hydrogens is 290 g/mol. The van der Waals surface area contributed by atoms with Gasteiger partial charge in [0.25, 0.3) is 0 Å². The van der Waals surface area contributed by atoms with Crippen molar-refractivity contribution in [3.8, 4) is 11.5 Å². The minimum Gasteiger partial charge on any atom is -0.493 e. The third-order valence-electron chi connectivity index (χ3n) is 2.90. The molecule has 0 unspecified atom stereocenters. The molecule has 0 radical (unpaired) electrons. The third-order valence-corrected chi connectivity index (χ3v) is 3.25. The molecule has 4 nitrogen and oxygen atoms in total. The van der Waals surface area contributed by atoms with Gasteiger partial charge in [0, 0.05) is 24.2 Å². The first-order chi connectivity index (χ1) is 10.1. The summed E-state index contributed by atoms with van der Waals surface area (Å²) in [6.07, 6.45) is 1.26. The summed E-state index contributed by atoms with van der Waals surface area (Å²) in [5, 5.41) is 4.04. The Morgan fingerprint density at radius 2 is 2.00 bits per heavy atom. The molecule has 1 aromatic rings. The largest absolute Gasteiger partial charge is 0.493 e. The van der Waals surface area contributed by atoms with Crippen LogP contribution >= 0.6 is 11.6 Å². The van der Waals surface area contributed by atoms with Crippen LogP contribution in [0.4, 0.5) is 0 Å². The van der Waals surface area contributed by atoms with E-state index in [0.29, 0.717) is 29.7 Å². The molecule has 0 bridgehead atoms. The van der Waals surface area contributed by atoms with Gasteiger partial charge in [0.2, 0.25) is 0 Å². The standard InChI is InChI=1S/C16H26ClNO3/c1-5-20-16-10-14(17)13(9-15(16)19-4)11-18-7-6-8-21-12(2)3/h9-10,12,18H,5-8,11H2,1-4H3. The molecule has 21 heavy (non-hydrogen) atoms. The van der Waals surface area contributed by atoms with Gasteiger partial charge in [-0.1, -0.05) is 11.6 Å². The third kappa shape index (κ3) is 6.55. The first-order valence-electron chi connectivity index (χ1n) is 7.40. The van der Waals surface area contributed by atoms with Crippen molar-refractivity contribution in [2.45, 2.75) is 39.8 Å². The molecule has 0 aliphatic carbocycles. The predicted molar refractivity (Wildman–Crippen MR) is 86.6 cm³/mol. The van der Waals surface area contributed by atoms with E-state index in [-0.39, 0.29) is 6.10 Å². The van der Waals surface area contributed by atoms with Crippen LogP contribution < -0.4 is 14.8 Å². The summed E-state index contributed by atoms with van der Waals surface area (Å²) in [6.45, 7) is 8.95. The number of benzene rings is 1. The van der Waals surface area contributed by atoms with E-state index in [2.05, 4.69) is 5.32 Å². The molecule has 0 spiro atoms. The molecule has 5 heteroatoms. The SMILES string of the molecule is CCOc1cc(Cl)c(CNCCCOC(C)C)cc1OC. The smallest absolute Gasteiger partial charge is 0.162 e. The fourth-order valence-electron chi connectivity index (χ4n) is 1.88. The summed E-state index contributed by atoms with van der Waals surface area (Å²) >= 11 is 6.28. The zero-order valence-corrected chi connectivity index (χ0v) is 14.1. The Morgan fingerprint density at radius 3 is 2.62 bits per heavy atom.